The maximum absolute atomic E-state index is 10.1. The molecule has 0 radical (unpaired) electrons. The Balaban J connectivity index is 2.60. The summed E-state index contributed by atoms with van der Waals surface area (Å²) in [7, 11) is 1.78. The van der Waals surface area contributed by atoms with Crippen molar-refractivity contribution in [1.82, 2.24) is 9.78 Å². The molecule has 2 aromatic rings. The Morgan fingerprint density at radius 3 is 2.69 bits per heavy atom. The quantitative estimate of drug-likeness (QED) is 0.808. The van der Waals surface area contributed by atoms with Gasteiger partial charge < -0.3 is 10.8 Å². The molecule has 2 rings (SSSR count). The molecule has 0 spiro atoms. The highest BCUT2D eigenvalue weighted by molar-refractivity contribution is 5.79. The highest BCUT2D eigenvalue weighted by Crippen LogP contribution is 2.35. The number of aromatic nitrogens is 2. The van der Waals surface area contributed by atoms with Crippen molar-refractivity contribution >= 4 is 5.82 Å². The molecule has 0 unspecified atom stereocenters. The number of benzene rings is 1. The SMILES string of the molecule is CCc1cccc(-c2cnn(C)c2N)c1O. The third-order valence-electron chi connectivity index (χ3n) is 2.78. The largest absolute Gasteiger partial charge is 0.507 e. The molecule has 84 valence electrons. The number of hydrogen-bond acceptors (Lipinski definition) is 3. The monoisotopic (exact) mass is 217 g/mol. The zero-order chi connectivity index (χ0) is 11.7. The highest BCUT2D eigenvalue weighted by atomic mass is 16.3. The van der Waals surface area contributed by atoms with Gasteiger partial charge in [0.15, 0.2) is 0 Å². The standard InChI is InChI=1S/C12H15N3O/c1-3-8-5-4-6-9(11(8)16)10-7-14-15(2)12(10)13/h4-7,16H,3,13H2,1-2H3. The number of phenols is 1. The normalized spacial score (nSPS) is 10.6. The highest BCUT2D eigenvalue weighted by Gasteiger charge is 2.13. The van der Waals surface area contributed by atoms with Crippen LogP contribution in [0.15, 0.2) is 24.4 Å². The van der Waals surface area contributed by atoms with Gasteiger partial charge in [0.05, 0.1) is 6.20 Å². The van der Waals surface area contributed by atoms with Gasteiger partial charge in [-0.25, -0.2) is 0 Å². The van der Waals surface area contributed by atoms with E-state index in [1.807, 2.05) is 25.1 Å². The average Bonchev–Trinajstić information content (AvgIpc) is 2.61. The molecule has 1 heterocycles. The van der Waals surface area contributed by atoms with E-state index < -0.39 is 0 Å². The Morgan fingerprint density at radius 2 is 2.12 bits per heavy atom. The van der Waals surface area contributed by atoms with Gasteiger partial charge in [-0.15, -0.1) is 0 Å². The van der Waals surface area contributed by atoms with Crippen molar-refractivity contribution in [1.29, 1.82) is 0 Å². The number of nitrogens with two attached hydrogens (primary N) is 1. The Hall–Kier alpha value is -1.97. The second-order valence-corrected chi connectivity index (χ2v) is 3.73. The summed E-state index contributed by atoms with van der Waals surface area (Å²) in [5, 5.41) is 14.2. The number of aryl methyl sites for hydroxylation is 2. The first-order valence-corrected chi connectivity index (χ1v) is 5.23. The molecule has 0 saturated heterocycles. The van der Waals surface area contributed by atoms with Crippen LogP contribution in [0.25, 0.3) is 11.1 Å². The van der Waals surface area contributed by atoms with E-state index in [1.54, 1.807) is 17.9 Å². The minimum atomic E-state index is 0.296. The lowest BCUT2D eigenvalue weighted by atomic mass is 10.0. The van der Waals surface area contributed by atoms with Gasteiger partial charge in [0.25, 0.3) is 0 Å². The molecule has 0 aliphatic heterocycles. The van der Waals surface area contributed by atoms with E-state index in [9.17, 15) is 5.11 Å². The molecule has 0 amide bonds. The minimum absolute atomic E-state index is 0.296. The molecule has 4 nitrogen and oxygen atoms in total. The van der Waals surface area contributed by atoms with Gasteiger partial charge in [-0.05, 0) is 12.0 Å². The number of phenolic OH excluding ortho intramolecular Hbond substituents is 1. The fourth-order valence-corrected chi connectivity index (χ4v) is 1.75. The number of rotatable bonds is 2. The number of hydrogen-bond donors (Lipinski definition) is 2. The second-order valence-electron chi connectivity index (χ2n) is 3.73. The van der Waals surface area contributed by atoms with Crippen molar-refractivity contribution in [3.8, 4) is 16.9 Å². The summed E-state index contributed by atoms with van der Waals surface area (Å²) >= 11 is 0. The van der Waals surface area contributed by atoms with E-state index in [0.29, 0.717) is 11.6 Å². The van der Waals surface area contributed by atoms with Crippen LogP contribution in [0.4, 0.5) is 5.82 Å². The lowest BCUT2D eigenvalue weighted by molar-refractivity contribution is 0.471. The molecular formula is C12H15N3O. The molecule has 3 N–H and O–H groups in total. The summed E-state index contributed by atoms with van der Waals surface area (Å²) < 4.78 is 1.59. The van der Waals surface area contributed by atoms with Crippen LogP contribution in [-0.2, 0) is 13.5 Å². The first kappa shape index (κ1) is 10.5. The fraction of sp³-hybridized carbons (Fsp3) is 0.250. The Kier molecular flexibility index (Phi) is 2.56. The Morgan fingerprint density at radius 1 is 1.38 bits per heavy atom. The van der Waals surface area contributed by atoms with Crippen LogP contribution in [0.1, 0.15) is 12.5 Å². The van der Waals surface area contributed by atoms with Crippen molar-refractivity contribution in [3.63, 3.8) is 0 Å². The van der Waals surface area contributed by atoms with E-state index in [1.165, 1.54) is 0 Å². The number of nitrogens with zero attached hydrogens (tertiary/aromatic N) is 2. The summed E-state index contributed by atoms with van der Waals surface area (Å²) in [5.74, 6) is 0.855. The zero-order valence-electron chi connectivity index (χ0n) is 9.44. The van der Waals surface area contributed by atoms with Crippen molar-refractivity contribution in [2.24, 2.45) is 7.05 Å². The predicted molar refractivity (Wildman–Crippen MR) is 64.1 cm³/mol. The topological polar surface area (TPSA) is 64.1 Å². The van der Waals surface area contributed by atoms with E-state index in [2.05, 4.69) is 5.10 Å². The van der Waals surface area contributed by atoms with Gasteiger partial charge in [0.2, 0.25) is 0 Å². The fourth-order valence-electron chi connectivity index (χ4n) is 1.75. The average molecular weight is 217 g/mol. The van der Waals surface area contributed by atoms with Crippen LogP contribution in [0.2, 0.25) is 0 Å². The maximum Gasteiger partial charge on any atom is 0.129 e. The van der Waals surface area contributed by atoms with Crippen LogP contribution < -0.4 is 5.73 Å². The zero-order valence-corrected chi connectivity index (χ0v) is 9.44. The van der Waals surface area contributed by atoms with Crippen LogP contribution >= 0.6 is 0 Å². The molecule has 0 atom stereocenters. The third kappa shape index (κ3) is 1.52. The van der Waals surface area contributed by atoms with E-state index >= 15 is 0 Å². The van der Waals surface area contributed by atoms with Gasteiger partial charge in [0, 0.05) is 18.2 Å². The van der Waals surface area contributed by atoms with Crippen molar-refractivity contribution in [2.45, 2.75) is 13.3 Å². The molecular weight excluding hydrogens is 202 g/mol. The van der Waals surface area contributed by atoms with Gasteiger partial charge in [0.1, 0.15) is 11.6 Å². The third-order valence-corrected chi connectivity index (χ3v) is 2.78. The van der Waals surface area contributed by atoms with Gasteiger partial charge >= 0.3 is 0 Å². The number of para-hydroxylation sites is 1. The molecule has 0 saturated carbocycles. The minimum Gasteiger partial charge on any atom is -0.507 e. The van der Waals surface area contributed by atoms with E-state index in [-0.39, 0.29) is 0 Å². The maximum atomic E-state index is 10.1. The van der Waals surface area contributed by atoms with Crippen LogP contribution in [0.5, 0.6) is 5.75 Å². The molecule has 0 bridgehead atoms. The van der Waals surface area contributed by atoms with Gasteiger partial charge in [-0.2, -0.15) is 5.10 Å². The summed E-state index contributed by atoms with van der Waals surface area (Å²) in [6.45, 7) is 2.01. The summed E-state index contributed by atoms with van der Waals surface area (Å²) in [6, 6.07) is 5.67. The molecule has 0 fully saturated rings. The lowest BCUT2D eigenvalue weighted by Gasteiger charge is -2.07. The molecule has 0 aliphatic carbocycles. The van der Waals surface area contributed by atoms with Crippen molar-refractivity contribution < 1.29 is 5.11 Å². The number of nitrogen functional groups attached to an aromatic ring is 1. The Labute approximate surface area is 94.3 Å². The molecule has 0 aliphatic rings. The second kappa shape index (κ2) is 3.89. The number of aromatic hydroxyl groups is 1. The van der Waals surface area contributed by atoms with Gasteiger partial charge in [-0.1, -0.05) is 25.1 Å². The van der Waals surface area contributed by atoms with Crippen LogP contribution in [0, 0.1) is 0 Å². The smallest absolute Gasteiger partial charge is 0.129 e. The van der Waals surface area contributed by atoms with Crippen LogP contribution in [-0.4, -0.2) is 14.9 Å². The molecule has 1 aromatic heterocycles. The number of anilines is 1. The molecule has 1 aromatic carbocycles. The first-order chi connectivity index (χ1) is 7.65. The first-order valence-electron chi connectivity index (χ1n) is 5.23. The van der Waals surface area contributed by atoms with E-state index in [0.717, 1.165) is 23.1 Å². The van der Waals surface area contributed by atoms with Crippen LogP contribution in [0.3, 0.4) is 0 Å². The van der Waals surface area contributed by atoms with Crippen molar-refractivity contribution in [2.75, 3.05) is 5.73 Å². The lowest BCUT2D eigenvalue weighted by Crippen LogP contribution is -1.98. The van der Waals surface area contributed by atoms with Crippen molar-refractivity contribution in [3.05, 3.63) is 30.0 Å². The molecule has 4 heteroatoms. The predicted octanol–water partition coefficient (Wildman–Crippen LogP) is 1.94. The van der Waals surface area contributed by atoms with Gasteiger partial charge in [-0.3, -0.25) is 4.68 Å². The summed E-state index contributed by atoms with van der Waals surface area (Å²) in [6.07, 6.45) is 2.46. The summed E-state index contributed by atoms with van der Waals surface area (Å²) in [5.41, 5.74) is 8.32. The van der Waals surface area contributed by atoms with E-state index in [4.69, 9.17) is 5.73 Å². The Bertz CT molecular complexity index is 517. The summed E-state index contributed by atoms with van der Waals surface area (Å²) in [4.78, 5) is 0. The molecule has 16 heavy (non-hydrogen) atoms.